The molecule has 0 radical (unpaired) electrons. The molecule has 6 amide bonds. The summed E-state index contributed by atoms with van der Waals surface area (Å²) in [6.45, 7) is 14.8. The molecule has 57 heavy (non-hydrogen) atoms. The van der Waals surface area contributed by atoms with Crippen LogP contribution in [0.1, 0.15) is 126 Å². The number of carbonyl (C=O) groups is 7. The highest BCUT2D eigenvalue weighted by molar-refractivity contribution is 5.95. The second-order valence-corrected chi connectivity index (χ2v) is 18.4. The molecule has 316 valence electrons. The van der Waals surface area contributed by atoms with Crippen molar-refractivity contribution in [3.8, 4) is 0 Å². The first-order valence-corrected chi connectivity index (χ1v) is 20.3. The molecule has 0 bridgehead atoms. The summed E-state index contributed by atoms with van der Waals surface area (Å²) in [4.78, 5) is 92.9. The van der Waals surface area contributed by atoms with Crippen molar-refractivity contribution in [2.24, 2.45) is 17.8 Å². The summed E-state index contributed by atoms with van der Waals surface area (Å²) in [5.41, 5.74) is -3.84. The minimum absolute atomic E-state index is 0.151. The first kappa shape index (κ1) is 45.0. The zero-order valence-corrected chi connectivity index (χ0v) is 35.1. The summed E-state index contributed by atoms with van der Waals surface area (Å²) in [7, 11) is 0. The van der Waals surface area contributed by atoms with Crippen molar-refractivity contribution in [1.82, 2.24) is 31.9 Å². The van der Waals surface area contributed by atoms with Crippen LogP contribution in [0.25, 0.3) is 0 Å². The summed E-state index contributed by atoms with van der Waals surface area (Å²) in [5, 5.41) is 17.2. The monoisotopic (exact) mass is 796 g/mol. The van der Waals surface area contributed by atoms with E-state index >= 15 is 0 Å². The summed E-state index contributed by atoms with van der Waals surface area (Å²) in [6, 6.07) is 7.93. The van der Waals surface area contributed by atoms with E-state index in [1.54, 1.807) is 62.3 Å². The number of amides is 6. The summed E-state index contributed by atoms with van der Waals surface area (Å²) < 4.78 is 10.9. The zero-order valence-electron chi connectivity index (χ0n) is 35.1. The van der Waals surface area contributed by atoms with Crippen LogP contribution in [0.15, 0.2) is 30.3 Å². The molecule has 1 aromatic rings. The van der Waals surface area contributed by atoms with Crippen molar-refractivity contribution < 1.29 is 43.0 Å². The quantitative estimate of drug-likeness (QED) is 0.152. The Morgan fingerprint density at radius 2 is 0.930 bits per heavy atom. The van der Waals surface area contributed by atoms with Gasteiger partial charge in [-0.1, -0.05) is 49.6 Å². The molecule has 0 saturated heterocycles. The lowest BCUT2D eigenvalue weighted by molar-refractivity contribution is -0.151. The van der Waals surface area contributed by atoms with E-state index in [4.69, 9.17) is 9.47 Å². The second kappa shape index (κ2) is 18.3. The van der Waals surface area contributed by atoms with E-state index < -0.39 is 87.8 Å². The molecule has 3 saturated carbocycles. The van der Waals surface area contributed by atoms with Gasteiger partial charge in [0.25, 0.3) is 0 Å². The van der Waals surface area contributed by atoms with Crippen molar-refractivity contribution in [3.63, 3.8) is 0 Å². The minimum Gasteiger partial charge on any atom is -0.461 e. The average Bonchev–Trinajstić information content (AvgIpc) is 3.88. The molecule has 3 fully saturated rings. The highest BCUT2D eigenvalue weighted by atomic mass is 16.6. The van der Waals surface area contributed by atoms with Gasteiger partial charge >= 0.3 is 12.1 Å². The van der Waals surface area contributed by atoms with Crippen molar-refractivity contribution in [2.75, 3.05) is 0 Å². The molecule has 0 heterocycles. The van der Waals surface area contributed by atoms with Gasteiger partial charge in [0.15, 0.2) is 0 Å². The second-order valence-electron chi connectivity index (χ2n) is 18.4. The van der Waals surface area contributed by atoms with Crippen LogP contribution in [-0.2, 0) is 44.8 Å². The Bertz CT molecular complexity index is 1650. The Morgan fingerprint density at radius 1 is 0.544 bits per heavy atom. The Balaban J connectivity index is 1.28. The van der Waals surface area contributed by atoms with Gasteiger partial charge in [-0.05, 0) is 106 Å². The number of hydrogen-bond donors (Lipinski definition) is 6. The number of esters is 1. The fraction of sp³-hybridized carbons (Fsp3) is 0.690. The topological polar surface area (TPSA) is 210 Å². The summed E-state index contributed by atoms with van der Waals surface area (Å²) >= 11 is 0. The van der Waals surface area contributed by atoms with Gasteiger partial charge in [-0.25, -0.2) is 4.79 Å². The molecule has 15 heteroatoms. The maximum Gasteiger partial charge on any atom is 0.408 e. The van der Waals surface area contributed by atoms with Crippen molar-refractivity contribution in [1.29, 1.82) is 0 Å². The largest absolute Gasteiger partial charge is 0.461 e. The van der Waals surface area contributed by atoms with E-state index in [1.165, 1.54) is 0 Å². The first-order valence-electron chi connectivity index (χ1n) is 20.3. The van der Waals surface area contributed by atoms with Gasteiger partial charge in [-0.15, -0.1) is 0 Å². The molecule has 0 aromatic heterocycles. The molecule has 6 atom stereocenters. The summed E-state index contributed by atoms with van der Waals surface area (Å²) in [6.07, 6.45) is 4.69. The number of carbonyl (C=O) groups excluding carboxylic acids is 7. The molecule has 4 rings (SSSR count). The van der Waals surface area contributed by atoms with Crippen LogP contribution >= 0.6 is 0 Å². The lowest BCUT2D eigenvalue weighted by atomic mass is 9.95. The summed E-state index contributed by atoms with van der Waals surface area (Å²) in [5.74, 6) is -4.18. The predicted octanol–water partition coefficient (Wildman–Crippen LogP) is 3.68. The lowest BCUT2D eigenvalue weighted by Gasteiger charge is -2.33. The van der Waals surface area contributed by atoms with Crippen LogP contribution in [0.2, 0.25) is 0 Å². The number of rotatable bonds is 14. The molecular formula is C42H64N6O9. The van der Waals surface area contributed by atoms with Gasteiger partial charge in [-0.3, -0.25) is 28.8 Å². The van der Waals surface area contributed by atoms with E-state index in [0.717, 1.165) is 12.0 Å². The van der Waals surface area contributed by atoms with Crippen LogP contribution < -0.4 is 31.9 Å². The van der Waals surface area contributed by atoms with Crippen LogP contribution in [0, 0.1) is 17.8 Å². The third-order valence-electron chi connectivity index (χ3n) is 11.1. The third-order valence-corrected chi connectivity index (χ3v) is 11.1. The van der Waals surface area contributed by atoms with Crippen LogP contribution in [0.4, 0.5) is 4.79 Å². The Labute approximate surface area is 336 Å². The van der Waals surface area contributed by atoms with E-state index in [1.807, 2.05) is 30.3 Å². The number of ether oxygens (including phenoxy) is 2. The van der Waals surface area contributed by atoms with E-state index in [9.17, 15) is 33.6 Å². The molecule has 0 unspecified atom stereocenters. The predicted molar refractivity (Wildman–Crippen MR) is 212 cm³/mol. The van der Waals surface area contributed by atoms with Crippen LogP contribution in [-0.4, -0.2) is 81.9 Å². The van der Waals surface area contributed by atoms with Crippen LogP contribution in [0.3, 0.4) is 0 Å². The van der Waals surface area contributed by atoms with Gasteiger partial charge in [0.05, 0.1) is 17.8 Å². The molecular weight excluding hydrogens is 732 g/mol. The maximum absolute atomic E-state index is 13.7. The first-order chi connectivity index (χ1) is 26.5. The smallest absolute Gasteiger partial charge is 0.408 e. The van der Waals surface area contributed by atoms with E-state index in [0.29, 0.717) is 51.4 Å². The lowest BCUT2D eigenvalue weighted by Crippen LogP contribution is -2.62. The Morgan fingerprint density at radius 3 is 1.35 bits per heavy atom. The van der Waals surface area contributed by atoms with Crippen molar-refractivity contribution >= 4 is 41.6 Å². The van der Waals surface area contributed by atoms with E-state index in [2.05, 4.69) is 31.9 Å². The molecule has 0 aliphatic heterocycles. The zero-order chi connectivity index (χ0) is 42.3. The van der Waals surface area contributed by atoms with E-state index in [-0.39, 0.29) is 18.5 Å². The fourth-order valence-corrected chi connectivity index (χ4v) is 7.72. The molecule has 1 aromatic carbocycles. The standard InChI is InChI=1S/C42H64N6O9/c1-39(2,3)57-38(55)48-42(8,9)37(54)44-30-22-14-19-27(30)33(50)46-40(4,5)35(52)43-29-21-13-18-26(29)32(49)47-41(6,7)36(53)45-31-23-15-20-28(31)34(51)56-24-25-16-11-10-12-17-25/h10-12,16-17,26-31H,13-15,18-24H2,1-9H3,(H,43,52)(H,44,54)(H,45,53)(H,46,50)(H,47,49)(H,48,55)/t26-,27-,28-,29-,30-,31-/m0/s1. The Hall–Kier alpha value is -4.69. The maximum atomic E-state index is 13.7. The van der Waals surface area contributed by atoms with Crippen molar-refractivity contribution in [2.45, 2.75) is 167 Å². The van der Waals surface area contributed by atoms with Gasteiger partial charge < -0.3 is 41.4 Å². The Kier molecular flexibility index (Phi) is 14.4. The number of alkyl carbamates (subject to hydrolysis) is 1. The average molecular weight is 797 g/mol. The molecule has 0 spiro atoms. The number of hydrogen-bond acceptors (Lipinski definition) is 9. The fourth-order valence-electron chi connectivity index (χ4n) is 7.72. The number of nitrogens with one attached hydrogen (secondary N) is 6. The van der Waals surface area contributed by atoms with Gasteiger partial charge in [0.1, 0.15) is 28.8 Å². The van der Waals surface area contributed by atoms with Crippen LogP contribution in [0.5, 0.6) is 0 Å². The third kappa shape index (κ3) is 12.4. The van der Waals surface area contributed by atoms with Gasteiger partial charge in [-0.2, -0.15) is 0 Å². The molecule has 15 nitrogen and oxygen atoms in total. The number of benzene rings is 1. The highest BCUT2D eigenvalue weighted by Crippen LogP contribution is 2.30. The highest BCUT2D eigenvalue weighted by Gasteiger charge is 2.44. The van der Waals surface area contributed by atoms with Crippen molar-refractivity contribution in [3.05, 3.63) is 35.9 Å². The minimum atomic E-state index is -1.35. The molecule has 3 aliphatic carbocycles. The molecule has 6 N–H and O–H groups in total. The normalized spacial score (nSPS) is 23.8. The SMILES string of the molecule is CC(C)(C)OC(=O)NC(C)(C)C(=O)N[C@H]1CCC[C@@H]1C(=O)NC(C)(C)C(=O)N[C@H]1CCC[C@@H]1C(=O)NC(C)(C)C(=O)N[C@H]1CCC[C@@H]1C(=O)OCc1ccccc1. The van der Waals surface area contributed by atoms with Gasteiger partial charge in [0, 0.05) is 18.1 Å². The van der Waals surface area contributed by atoms with Gasteiger partial charge in [0.2, 0.25) is 29.5 Å². The molecule has 3 aliphatic rings.